The number of hydrogen-bond donors (Lipinski definition) is 1. The highest BCUT2D eigenvalue weighted by Crippen LogP contribution is 2.16. The van der Waals surface area contributed by atoms with Crippen LogP contribution in [0.15, 0.2) is 28.0 Å². The van der Waals surface area contributed by atoms with Gasteiger partial charge in [-0.1, -0.05) is 0 Å². The molecule has 0 amide bonds. The molecule has 0 bridgehead atoms. The number of nitrogens with zero attached hydrogens (tertiary/aromatic N) is 2. The Morgan fingerprint density at radius 3 is 3.22 bits per heavy atom. The van der Waals surface area contributed by atoms with E-state index >= 15 is 0 Å². The van der Waals surface area contributed by atoms with Gasteiger partial charge in [0.1, 0.15) is 0 Å². The number of hydrogen-bond acceptors (Lipinski definition) is 3. The average Bonchev–Trinajstić information content (AvgIpc) is 3.02. The lowest BCUT2D eigenvalue weighted by Gasteiger charge is -2.21. The SMILES string of the molecule is CN=C(NCc1ccoc1)N1CCC(COC)C1. The molecule has 5 nitrogen and oxygen atoms in total. The van der Waals surface area contributed by atoms with Crippen LogP contribution in [-0.2, 0) is 11.3 Å². The number of likely N-dealkylation sites (tertiary alicyclic amines) is 1. The molecule has 0 spiro atoms. The summed E-state index contributed by atoms with van der Waals surface area (Å²) in [5.74, 6) is 1.57. The van der Waals surface area contributed by atoms with Crippen LogP contribution in [0.3, 0.4) is 0 Å². The first kappa shape index (κ1) is 13.0. The van der Waals surface area contributed by atoms with E-state index in [1.54, 1.807) is 19.6 Å². The lowest BCUT2D eigenvalue weighted by molar-refractivity contribution is 0.157. The van der Waals surface area contributed by atoms with Gasteiger partial charge in [0, 0.05) is 45.3 Å². The van der Waals surface area contributed by atoms with E-state index in [0.29, 0.717) is 5.92 Å². The number of guanidine groups is 1. The summed E-state index contributed by atoms with van der Waals surface area (Å²) in [7, 11) is 3.58. The van der Waals surface area contributed by atoms with Crippen LogP contribution in [0.4, 0.5) is 0 Å². The molecule has 0 saturated carbocycles. The summed E-state index contributed by atoms with van der Waals surface area (Å²) in [4.78, 5) is 6.61. The molecule has 1 unspecified atom stereocenters. The average molecular weight is 251 g/mol. The van der Waals surface area contributed by atoms with Gasteiger partial charge in [-0.05, 0) is 12.5 Å². The van der Waals surface area contributed by atoms with E-state index in [1.165, 1.54) is 6.42 Å². The van der Waals surface area contributed by atoms with Crippen molar-refractivity contribution in [3.8, 4) is 0 Å². The smallest absolute Gasteiger partial charge is 0.193 e. The second kappa shape index (κ2) is 6.44. The Morgan fingerprint density at radius 1 is 1.67 bits per heavy atom. The first-order chi connectivity index (χ1) is 8.83. The van der Waals surface area contributed by atoms with E-state index in [0.717, 1.165) is 37.8 Å². The third-order valence-electron chi connectivity index (χ3n) is 3.23. The molecule has 0 aliphatic carbocycles. The number of methoxy groups -OCH3 is 1. The Kier molecular flexibility index (Phi) is 4.64. The van der Waals surface area contributed by atoms with Gasteiger partial charge in [-0.2, -0.15) is 0 Å². The van der Waals surface area contributed by atoms with Crippen molar-refractivity contribution in [1.29, 1.82) is 0 Å². The number of ether oxygens (including phenoxy) is 1. The molecule has 1 aliphatic rings. The molecular formula is C13H21N3O2. The van der Waals surface area contributed by atoms with E-state index in [-0.39, 0.29) is 0 Å². The summed E-state index contributed by atoms with van der Waals surface area (Å²) < 4.78 is 10.3. The summed E-state index contributed by atoms with van der Waals surface area (Å²) in [5.41, 5.74) is 1.13. The molecule has 0 radical (unpaired) electrons. The van der Waals surface area contributed by atoms with Gasteiger partial charge < -0.3 is 19.4 Å². The van der Waals surface area contributed by atoms with Crippen molar-refractivity contribution in [3.05, 3.63) is 24.2 Å². The number of rotatable bonds is 4. The molecule has 1 N–H and O–H groups in total. The molecule has 0 aromatic carbocycles. The van der Waals surface area contributed by atoms with Crippen LogP contribution >= 0.6 is 0 Å². The summed E-state index contributed by atoms with van der Waals surface area (Å²) >= 11 is 0. The maximum Gasteiger partial charge on any atom is 0.193 e. The van der Waals surface area contributed by atoms with Crippen molar-refractivity contribution in [2.45, 2.75) is 13.0 Å². The quantitative estimate of drug-likeness (QED) is 0.648. The van der Waals surface area contributed by atoms with Crippen molar-refractivity contribution < 1.29 is 9.15 Å². The van der Waals surface area contributed by atoms with Crippen molar-refractivity contribution >= 4 is 5.96 Å². The molecular weight excluding hydrogens is 230 g/mol. The van der Waals surface area contributed by atoms with Crippen molar-refractivity contribution in [1.82, 2.24) is 10.2 Å². The monoisotopic (exact) mass is 251 g/mol. The Hall–Kier alpha value is -1.49. The zero-order valence-electron chi connectivity index (χ0n) is 11.1. The van der Waals surface area contributed by atoms with Crippen LogP contribution in [0.5, 0.6) is 0 Å². The predicted molar refractivity (Wildman–Crippen MR) is 70.5 cm³/mol. The highest BCUT2D eigenvalue weighted by molar-refractivity contribution is 5.80. The minimum absolute atomic E-state index is 0.613. The van der Waals surface area contributed by atoms with Crippen LogP contribution < -0.4 is 5.32 Å². The topological polar surface area (TPSA) is 50.0 Å². The standard InChI is InChI=1S/C13H21N3O2/c1-14-13(15-7-11-4-6-18-10-11)16-5-3-12(8-16)9-17-2/h4,6,10,12H,3,5,7-9H2,1-2H3,(H,14,15). The summed E-state index contributed by atoms with van der Waals surface area (Å²) in [6, 6.07) is 1.96. The lowest BCUT2D eigenvalue weighted by atomic mass is 10.1. The highest BCUT2D eigenvalue weighted by atomic mass is 16.5. The first-order valence-electron chi connectivity index (χ1n) is 6.29. The zero-order valence-corrected chi connectivity index (χ0v) is 11.1. The molecule has 100 valence electrons. The second-order valence-corrected chi connectivity index (χ2v) is 4.59. The minimum atomic E-state index is 0.613. The van der Waals surface area contributed by atoms with E-state index in [4.69, 9.17) is 9.15 Å². The molecule has 1 aliphatic heterocycles. The normalized spacial score (nSPS) is 20.4. The molecule has 2 heterocycles. The molecule has 18 heavy (non-hydrogen) atoms. The van der Waals surface area contributed by atoms with E-state index in [9.17, 15) is 0 Å². The van der Waals surface area contributed by atoms with Crippen molar-refractivity contribution in [2.75, 3.05) is 33.9 Å². The van der Waals surface area contributed by atoms with Gasteiger partial charge in [-0.25, -0.2) is 0 Å². The van der Waals surface area contributed by atoms with Crippen LogP contribution in [-0.4, -0.2) is 44.7 Å². The Labute approximate surface area is 108 Å². The Morgan fingerprint density at radius 2 is 2.56 bits per heavy atom. The molecule has 1 aromatic heterocycles. The summed E-state index contributed by atoms with van der Waals surface area (Å²) in [6.45, 7) is 3.63. The number of nitrogens with one attached hydrogen (secondary N) is 1. The molecule has 1 atom stereocenters. The maximum atomic E-state index is 5.21. The third kappa shape index (κ3) is 3.26. The number of aliphatic imine (C=N–C) groups is 1. The Bertz CT molecular complexity index is 376. The predicted octanol–water partition coefficient (Wildman–Crippen LogP) is 1.32. The van der Waals surface area contributed by atoms with Gasteiger partial charge in [0.2, 0.25) is 0 Å². The summed E-state index contributed by atoms with van der Waals surface area (Å²) in [5, 5.41) is 3.35. The van der Waals surface area contributed by atoms with Gasteiger partial charge in [0.05, 0.1) is 19.1 Å². The first-order valence-corrected chi connectivity index (χ1v) is 6.29. The fourth-order valence-corrected chi connectivity index (χ4v) is 2.30. The van der Waals surface area contributed by atoms with Crippen molar-refractivity contribution in [2.24, 2.45) is 10.9 Å². The van der Waals surface area contributed by atoms with E-state index in [2.05, 4.69) is 15.2 Å². The van der Waals surface area contributed by atoms with Crippen LogP contribution in [0.1, 0.15) is 12.0 Å². The van der Waals surface area contributed by atoms with E-state index < -0.39 is 0 Å². The molecule has 5 heteroatoms. The fraction of sp³-hybridized carbons (Fsp3) is 0.615. The van der Waals surface area contributed by atoms with Crippen molar-refractivity contribution in [3.63, 3.8) is 0 Å². The third-order valence-corrected chi connectivity index (χ3v) is 3.23. The lowest BCUT2D eigenvalue weighted by Crippen LogP contribution is -2.39. The van der Waals surface area contributed by atoms with Gasteiger partial charge in [-0.15, -0.1) is 0 Å². The maximum absolute atomic E-state index is 5.21. The molecule has 1 fully saturated rings. The van der Waals surface area contributed by atoms with Gasteiger partial charge >= 0.3 is 0 Å². The van der Waals surface area contributed by atoms with Gasteiger partial charge in [0.15, 0.2) is 5.96 Å². The van der Waals surface area contributed by atoms with Gasteiger partial charge in [0.25, 0.3) is 0 Å². The molecule has 1 saturated heterocycles. The van der Waals surface area contributed by atoms with Gasteiger partial charge in [-0.3, -0.25) is 4.99 Å². The fourth-order valence-electron chi connectivity index (χ4n) is 2.30. The molecule has 1 aromatic rings. The number of furan rings is 1. The van der Waals surface area contributed by atoms with Crippen LogP contribution in [0.2, 0.25) is 0 Å². The largest absolute Gasteiger partial charge is 0.472 e. The highest BCUT2D eigenvalue weighted by Gasteiger charge is 2.24. The van der Waals surface area contributed by atoms with E-state index in [1.807, 2.05) is 13.1 Å². The van der Waals surface area contributed by atoms with Crippen LogP contribution in [0, 0.1) is 5.92 Å². The minimum Gasteiger partial charge on any atom is -0.472 e. The van der Waals surface area contributed by atoms with Crippen LogP contribution in [0.25, 0.3) is 0 Å². The summed E-state index contributed by atoms with van der Waals surface area (Å²) in [6.07, 6.45) is 4.60. The second-order valence-electron chi connectivity index (χ2n) is 4.59. The molecule has 2 rings (SSSR count). The zero-order chi connectivity index (χ0) is 12.8. The Balaban J connectivity index is 1.82.